The van der Waals surface area contributed by atoms with Crippen molar-refractivity contribution < 1.29 is 4.42 Å². The number of halogens is 2. The van der Waals surface area contributed by atoms with E-state index in [1.54, 1.807) is 11.3 Å². The van der Waals surface area contributed by atoms with E-state index in [4.69, 9.17) is 10.2 Å². The monoisotopic (exact) mass is 378 g/mol. The van der Waals surface area contributed by atoms with Crippen molar-refractivity contribution in [2.24, 2.45) is 5.73 Å². The largest absolute Gasteiger partial charge is 0.451 e. The number of rotatable bonds is 5. The summed E-state index contributed by atoms with van der Waals surface area (Å²) >= 11 is 8.45. The van der Waals surface area contributed by atoms with E-state index in [2.05, 4.69) is 48.6 Å². The Bertz CT molecular complexity index is 450. The minimum atomic E-state index is 0.0275. The molecule has 1 atom stereocenters. The first kappa shape index (κ1) is 13.3. The Kier molecular flexibility index (Phi) is 4.81. The quantitative estimate of drug-likeness (QED) is 0.833. The van der Waals surface area contributed by atoms with Crippen molar-refractivity contribution in [2.75, 3.05) is 6.54 Å². The van der Waals surface area contributed by atoms with Crippen LogP contribution in [0.4, 0.5) is 0 Å². The Hall–Kier alpha value is -0.140. The lowest BCUT2D eigenvalue weighted by atomic mass is 10.2. The van der Waals surface area contributed by atoms with Crippen molar-refractivity contribution >= 4 is 43.2 Å². The topological polar surface area (TPSA) is 51.2 Å². The van der Waals surface area contributed by atoms with Gasteiger partial charge in [-0.3, -0.25) is 0 Å². The van der Waals surface area contributed by atoms with Gasteiger partial charge in [0, 0.05) is 18.0 Å². The molecule has 0 fully saturated rings. The van der Waals surface area contributed by atoms with Crippen LogP contribution in [0.5, 0.6) is 0 Å². The van der Waals surface area contributed by atoms with Crippen molar-refractivity contribution in [1.29, 1.82) is 0 Å². The fourth-order valence-electron chi connectivity index (χ4n) is 1.47. The molecule has 0 aliphatic carbocycles. The number of nitrogens with two attached hydrogens (primary N) is 1. The zero-order chi connectivity index (χ0) is 12.3. The second kappa shape index (κ2) is 6.15. The molecule has 2 rings (SSSR count). The van der Waals surface area contributed by atoms with Gasteiger partial charge in [0.15, 0.2) is 4.67 Å². The van der Waals surface area contributed by atoms with Gasteiger partial charge in [0.2, 0.25) is 0 Å². The van der Waals surface area contributed by atoms with Crippen LogP contribution in [0.3, 0.4) is 0 Å². The molecule has 92 valence electrons. The molecule has 0 spiro atoms. The van der Waals surface area contributed by atoms with Crippen molar-refractivity contribution in [3.8, 4) is 0 Å². The lowest BCUT2D eigenvalue weighted by molar-refractivity contribution is 0.405. The predicted molar refractivity (Wildman–Crippen MR) is 77.1 cm³/mol. The smallest absolute Gasteiger partial charge is 0.183 e. The fourth-order valence-corrected chi connectivity index (χ4v) is 2.74. The second-order valence-electron chi connectivity index (χ2n) is 3.52. The molecule has 2 aromatic heterocycles. The van der Waals surface area contributed by atoms with Gasteiger partial charge in [-0.25, -0.2) is 0 Å². The molecule has 0 aliphatic rings. The van der Waals surface area contributed by atoms with Gasteiger partial charge in [-0.2, -0.15) is 0 Å². The highest BCUT2D eigenvalue weighted by Gasteiger charge is 2.15. The molecular formula is C11H12Br2N2OS. The molecule has 0 aromatic carbocycles. The van der Waals surface area contributed by atoms with Crippen LogP contribution in [-0.2, 0) is 6.54 Å². The van der Waals surface area contributed by atoms with Gasteiger partial charge in [0.25, 0.3) is 0 Å². The Morgan fingerprint density at radius 3 is 2.82 bits per heavy atom. The van der Waals surface area contributed by atoms with Crippen LogP contribution in [0.2, 0.25) is 0 Å². The normalized spacial score (nSPS) is 12.9. The molecule has 0 saturated heterocycles. The van der Waals surface area contributed by atoms with Crippen molar-refractivity contribution in [3.63, 3.8) is 0 Å². The summed E-state index contributed by atoms with van der Waals surface area (Å²) in [6.07, 6.45) is 0. The summed E-state index contributed by atoms with van der Waals surface area (Å²) in [6.45, 7) is 1.30. The molecule has 0 amide bonds. The Balaban J connectivity index is 2.01. The molecule has 17 heavy (non-hydrogen) atoms. The zero-order valence-electron chi connectivity index (χ0n) is 8.95. The van der Waals surface area contributed by atoms with Gasteiger partial charge in [0.1, 0.15) is 5.76 Å². The van der Waals surface area contributed by atoms with Crippen molar-refractivity contribution in [3.05, 3.63) is 43.4 Å². The van der Waals surface area contributed by atoms with Crippen LogP contribution in [-0.4, -0.2) is 6.54 Å². The lowest BCUT2D eigenvalue weighted by Gasteiger charge is -2.13. The summed E-state index contributed by atoms with van der Waals surface area (Å²) in [5.41, 5.74) is 5.75. The Morgan fingerprint density at radius 2 is 2.29 bits per heavy atom. The highest BCUT2D eigenvalue weighted by Crippen LogP contribution is 2.29. The van der Waals surface area contributed by atoms with Crippen LogP contribution >= 0.6 is 43.2 Å². The van der Waals surface area contributed by atoms with E-state index >= 15 is 0 Å². The van der Waals surface area contributed by atoms with Gasteiger partial charge in [-0.05, 0) is 49.4 Å². The van der Waals surface area contributed by atoms with E-state index < -0.39 is 0 Å². The average Bonchev–Trinajstić information content (AvgIpc) is 2.91. The molecule has 2 aromatic rings. The summed E-state index contributed by atoms with van der Waals surface area (Å²) in [6, 6.07) is 6.10. The van der Waals surface area contributed by atoms with Crippen LogP contribution in [0.15, 0.2) is 37.1 Å². The van der Waals surface area contributed by atoms with Crippen molar-refractivity contribution in [1.82, 2.24) is 5.32 Å². The molecule has 0 aliphatic heterocycles. The van der Waals surface area contributed by atoms with Gasteiger partial charge < -0.3 is 15.5 Å². The first-order chi connectivity index (χ1) is 8.20. The van der Waals surface area contributed by atoms with Crippen LogP contribution in [0, 0.1) is 0 Å². The minimum absolute atomic E-state index is 0.0275. The fraction of sp³-hybridized carbons (Fsp3) is 0.273. The van der Waals surface area contributed by atoms with E-state index in [-0.39, 0.29) is 6.04 Å². The molecule has 6 heteroatoms. The first-order valence-electron chi connectivity index (χ1n) is 5.11. The Labute approximate surface area is 121 Å². The average molecular weight is 380 g/mol. The van der Waals surface area contributed by atoms with Crippen LogP contribution in [0.1, 0.15) is 16.7 Å². The molecular weight excluding hydrogens is 368 g/mol. The maximum absolute atomic E-state index is 5.75. The van der Waals surface area contributed by atoms with E-state index in [0.29, 0.717) is 11.2 Å². The highest BCUT2D eigenvalue weighted by molar-refractivity contribution is 9.13. The van der Waals surface area contributed by atoms with Gasteiger partial charge >= 0.3 is 0 Å². The van der Waals surface area contributed by atoms with E-state index in [9.17, 15) is 0 Å². The number of nitrogens with one attached hydrogen (secondary N) is 1. The lowest BCUT2D eigenvalue weighted by Crippen LogP contribution is -2.27. The Morgan fingerprint density at radius 1 is 1.47 bits per heavy atom. The summed E-state index contributed by atoms with van der Waals surface area (Å²) in [4.78, 5) is 1.29. The summed E-state index contributed by atoms with van der Waals surface area (Å²) in [5, 5.41) is 5.44. The number of furan rings is 1. The predicted octanol–water partition coefficient (Wildman–Crippen LogP) is 3.66. The van der Waals surface area contributed by atoms with E-state index in [0.717, 1.165) is 16.8 Å². The standard InChI is InChI=1S/C11H12Br2N2OS/c12-8-4-10(16-11(8)13)9(5-14)15-6-7-2-1-3-17-7/h1-4,9,15H,5-6,14H2. The number of hydrogen-bond donors (Lipinski definition) is 2. The zero-order valence-corrected chi connectivity index (χ0v) is 12.9. The molecule has 2 heterocycles. The number of hydrogen-bond acceptors (Lipinski definition) is 4. The molecule has 3 nitrogen and oxygen atoms in total. The number of thiophene rings is 1. The van der Waals surface area contributed by atoms with Crippen molar-refractivity contribution in [2.45, 2.75) is 12.6 Å². The minimum Gasteiger partial charge on any atom is -0.451 e. The summed E-state index contributed by atoms with van der Waals surface area (Å²) < 4.78 is 7.17. The maximum atomic E-state index is 5.75. The SMILES string of the molecule is NCC(NCc1cccs1)c1cc(Br)c(Br)o1. The third-order valence-electron chi connectivity index (χ3n) is 2.35. The molecule has 0 radical (unpaired) electrons. The third-order valence-corrected chi connectivity index (χ3v) is 4.93. The first-order valence-corrected chi connectivity index (χ1v) is 7.58. The van der Waals surface area contributed by atoms with E-state index in [1.807, 2.05) is 12.1 Å². The molecule has 1 unspecified atom stereocenters. The molecule has 3 N–H and O–H groups in total. The van der Waals surface area contributed by atoms with E-state index in [1.165, 1.54) is 4.88 Å². The third kappa shape index (κ3) is 3.42. The summed E-state index contributed by atoms with van der Waals surface area (Å²) in [5.74, 6) is 0.836. The highest BCUT2D eigenvalue weighted by atomic mass is 79.9. The molecule has 0 saturated carbocycles. The van der Waals surface area contributed by atoms with Crippen LogP contribution < -0.4 is 11.1 Å². The summed E-state index contributed by atoms with van der Waals surface area (Å²) in [7, 11) is 0. The van der Waals surface area contributed by atoms with Gasteiger partial charge in [-0.15, -0.1) is 11.3 Å². The van der Waals surface area contributed by atoms with Gasteiger partial charge in [-0.1, -0.05) is 6.07 Å². The maximum Gasteiger partial charge on any atom is 0.183 e. The van der Waals surface area contributed by atoms with Crippen LogP contribution in [0.25, 0.3) is 0 Å². The van der Waals surface area contributed by atoms with Gasteiger partial charge in [0.05, 0.1) is 10.5 Å². The molecule has 0 bridgehead atoms. The second-order valence-corrected chi connectivity index (χ2v) is 6.13.